The Balaban J connectivity index is 2.83. The molecule has 1 aromatic rings. The Morgan fingerprint density at radius 3 is 1.89 bits per heavy atom. The second kappa shape index (κ2) is 6.85. The fraction of sp³-hybridized carbons (Fsp3) is 0.462. The van der Waals surface area contributed by atoms with E-state index in [9.17, 15) is 9.36 Å². The maximum atomic E-state index is 12.7. The highest BCUT2D eigenvalue weighted by Crippen LogP contribution is 2.32. The summed E-state index contributed by atoms with van der Waals surface area (Å²) in [5.74, 6) is -0.356. The number of hydrogen-bond acceptors (Lipinski definition) is 2. The van der Waals surface area contributed by atoms with E-state index in [1.807, 2.05) is 33.8 Å². The Hall–Kier alpha value is -1.16. The SMILES string of the molecule is CC(C)NP(=O)(NC(=O)c1ccccc1)NC(C)C. The predicted octanol–water partition coefficient (Wildman–Crippen LogP) is 2.52. The Labute approximate surface area is 114 Å². The lowest BCUT2D eigenvalue weighted by Gasteiger charge is -2.25. The van der Waals surface area contributed by atoms with Crippen LogP contribution in [0.3, 0.4) is 0 Å². The van der Waals surface area contributed by atoms with Crippen molar-refractivity contribution in [2.45, 2.75) is 39.8 Å². The van der Waals surface area contributed by atoms with Crippen molar-refractivity contribution < 1.29 is 9.36 Å². The van der Waals surface area contributed by atoms with Crippen LogP contribution in [0.5, 0.6) is 0 Å². The van der Waals surface area contributed by atoms with E-state index in [0.717, 1.165) is 0 Å². The average molecular weight is 283 g/mol. The fourth-order valence-corrected chi connectivity index (χ4v) is 3.70. The first-order valence-corrected chi connectivity index (χ1v) is 8.06. The van der Waals surface area contributed by atoms with Crippen molar-refractivity contribution in [3.8, 4) is 0 Å². The fourth-order valence-electron chi connectivity index (χ4n) is 1.63. The molecule has 0 fully saturated rings. The van der Waals surface area contributed by atoms with Gasteiger partial charge in [-0.25, -0.2) is 10.2 Å². The second-order valence-electron chi connectivity index (χ2n) is 4.98. The first-order chi connectivity index (χ1) is 8.82. The summed E-state index contributed by atoms with van der Waals surface area (Å²) >= 11 is 0. The second-order valence-corrected chi connectivity index (χ2v) is 6.94. The minimum absolute atomic E-state index is 0.00634. The van der Waals surface area contributed by atoms with Crippen LogP contribution in [0.2, 0.25) is 0 Å². The molecule has 1 rings (SSSR count). The molecule has 0 radical (unpaired) electrons. The van der Waals surface area contributed by atoms with Gasteiger partial charge in [-0.2, -0.15) is 0 Å². The molecule has 0 aliphatic heterocycles. The van der Waals surface area contributed by atoms with E-state index in [2.05, 4.69) is 15.3 Å². The molecular formula is C13H22N3O2P. The minimum atomic E-state index is -3.15. The van der Waals surface area contributed by atoms with Crippen LogP contribution < -0.4 is 15.3 Å². The van der Waals surface area contributed by atoms with Gasteiger partial charge in [-0.3, -0.25) is 14.4 Å². The minimum Gasteiger partial charge on any atom is -0.279 e. The Bertz CT molecular complexity index is 446. The highest BCUT2D eigenvalue weighted by Gasteiger charge is 2.26. The largest absolute Gasteiger partial charge is 0.306 e. The summed E-state index contributed by atoms with van der Waals surface area (Å²) in [7, 11) is -3.15. The monoisotopic (exact) mass is 283 g/mol. The van der Waals surface area contributed by atoms with Crippen LogP contribution in [0.25, 0.3) is 0 Å². The lowest BCUT2D eigenvalue weighted by molar-refractivity contribution is 0.0979. The highest BCUT2D eigenvalue weighted by molar-refractivity contribution is 7.58. The zero-order valence-corrected chi connectivity index (χ0v) is 12.7. The highest BCUT2D eigenvalue weighted by atomic mass is 31.2. The molecule has 0 heterocycles. The van der Waals surface area contributed by atoms with E-state index >= 15 is 0 Å². The van der Waals surface area contributed by atoms with Crippen LogP contribution >= 0.6 is 7.59 Å². The number of carbonyl (C=O) groups is 1. The van der Waals surface area contributed by atoms with Gasteiger partial charge in [0.15, 0.2) is 0 Å². The van der Waals surface area contributed by atoms with Crippen molar-refractivity contribution in [3.05, 3.63) is 35.9 Å². The van der Waals surface area contributed by atoms with Gasteiger partial charge in [-0.1, -0.05) is 18.2 Å². The van der Waals surface area contributed by atoms with Crippen LogP contribution in [0.4, 0.5) is 0 Å². The first kappa shape index (κ1) is 15.9. The number of amides is 1. The summed E-state index contributed by atoms with van der Waals surface area (Å²) in [6, 6.07) is 8.72. The van der Waals surface area contributed by atoms with Crippen molar-refractivity contribution in [1.82, 2.24) is 15.3 Å². The topological polar surface area (TPSA) is 70.2 Å². The maximum absolute atomic E-state index is 12.7. The predicted molar refractivity (Wildman–Crippen MR) is 78.1 cm³/mol. The summed E-state index contributed by atoms with van der Waals surface area (Å²) in [5.41, 5.74) is 0.485. The molecule has 0 saturated heterocycles. The van der Waals surface area contributed by atoms with Gasteiger partial charge in [-0.05, 0) is 39.8 Å². The van der Waals surface area contributed by atoms with Crippen molar-refractivity contribution in [3.63, 3.8) is 0 Å². The summed E-state index contributed by atoms with van der Waals surface area (Å²) in [6.45, 7) is 7.51. The van der Waals surface area contributed by atoms with Gasteiger partial charge in [0.2, 0.25) is 0 Å². The van der Waals surface area contributed by atoms with Crippen LogP contribution in [0.1, 0.15) is 38.1 Å². The Kier molecular flexibility index (Phi) is 5.73. The van der Waals surface area contributed by atoms with E-state index in [4.69, 9.17) is 0 Å². The van der Waals surface area contributed by atoms with Gasteiger partial charge in [0, 0.05) is 17.6 Å². The Morgan fingerprint density at radius 1 is 1.00 bits per heavy atom. The molecule has 0 unspecified atom stereocenters. The van der Waals surface area contributed by atoms with Gasteiger partial charge >= 0.3 is 7.59 Å². The van der Waals surface area contributed by atoms with Crippen molar-refractivity contribution in [1.29, 1.82) is 0 Å². The molecule has 5 nitrogen and oxygen atoms in total. The summed E-state index contributed by atoms with van der Waals surface area (Å²) in [5, 5.41) is 8.37. The zero-order chi connectivity index (χ0) is 14.5. The number of rotatable bonds is 6. The number of nitrogens with one attached hydrogen (secondary N) is 3. The molecule has 0 spiro atoms. The van der Waals surface area contributed by atoms with Gasteiger partial charge in [-0.15, -0.1) is 0 Å². The number of carbonyl (C=O) groups excluding carboxylic acids is 1. The number of benzene rings is 1. The molecule has 106 valence electrons. The summed E-state index contributed by atoms with van der Waals surface area (Å²) in [4.78, 5) is 12.1. The molecule has 0 saturated carbocycles. The molecule has 6 heteroatoms. The molecule has 3 N–H and O–H groups in total. The number of hydrogen-bond donors (Lipinski definition) is 3. The van der Waals surface area contributed by atoms with Gasteiger partial charge in [0.05, 0.1) is 0 Å². The standard InChI is InChI=1S/C13H22N3O2P/c1-10(2)14-19(18,15-11(3)4)16-13(17)12-8-6-5-7-9-12/h5-11H,1-4H3,(H3,14,15,16,17,18). The van der Waals surface area contributed by atoms with E-state index in [0.29, 0.717) is 5.56 Å². The zero-order valence-electron chi connectivity index (χ0n) is 11.8. The average Bonchev–Trinajstić information content (AvgIpc) is 2.27. The molecule has 0 aromatic heterocycles. The smallest absolute Gasteiger partial charge is 0.279 e. The first-order valence-electron chi connectivity index (χ1n) is 6.35. The maximum Gasteiger partial charge on any atom is 0.306 e. The molecule has 0 aliphatic rings. The van der Waals surface area contributed by atoms with Gasteiger partial charge < -0.3 is 0 Å². The summed E-state index contributed by atoms with van der Waals surface area (Å²) in [6.07, 6.45) is 0. The molecule has 1 aromatic carbocycles. The normalized spacial score (nSPS) is 11.9. The molecule has 0 atom stereocenters. The third kappa shape index (κ3) is 5.55. The van der Waals surface area contributed by atoms with Crippen LogP contribution in [0, 0.1) is 0 Å². The Morgan fingerprint density at radius 2 is 1.47 bits per heavy atom. The van der Waals surface area contributed by atoms with Crippen LogP contribution in [-0.2, 0) is 4.57 Å². The summed E-state index contributed by atoms with van der Waals surface area (Å²) < 4.78 is 12.7. The van der Waals surface area contributed by atoms with Crippen molar-refractivity contribution in [2.75, 3.05) is 0 Å². The third-order valence-electron chi connectivity index (χ3n) is 2.17. The van der Waals surface area contributed by atoms with Crippen LogP contribution in [0.15, 0.2) is 30.3 Å². The molecule has 19 heavy (non-hydrogen) atoms. The van der Waals surface area contributed by atoms with Crippen molar-refractivity contribution >= 4 is 13.5 Å². The quantitative estimate of drug-likeness (QED) is 0.702. The molecule has 0 aliphatic carbocycles. The third-order valence-corrected chi connectivity index (χ3v) is 4.45. The molecular weight excluding hydrogens is 261 g/mol. The van der Waals surface area contributed by atoms with E-state index in [1.165, 1.54) is 0 Å². The molecule has 1 amide bonds. The lowest BCUT2D eigenvalue weighted by atomic mass is 10.2. The van der Waals surface area contributed by atoms with Crippen molar-refractivity contribution in [2.24, 2.45) is 0 Å². The van der Waals surface area contributed by atoms with E-state index in [1.54, 1.807) is 24.3 Å². The van der Waals surface area contributed by atoms with Gasteiger partial charge in [0.25, 0.3) is 5.91 Å². The van der Waals surface area contributed by atoms with E-state index < -0.39 is 7.59 Å². The van der Waals surface area contributed by atoms with Crippen LogP contribution in [-0.4, -0.2) is 18.0 Å². The lowest BCUT2D eigenvalue weighted by Crippen LogP contribution is -2.40. The molecule has 0 bridgehead atoms. The van der Waals surface area contributed by atoms with Gasteiger partial charge in [0.1, 0.15) is 0 Å². The van der Waals surface area contributed by atoms with E-state index in [-0.39, 0.29) is 18.0 Å².